The van der Waals surface area contributed by atoms with Crippen molar-refractivity contribution in [1.29, 1.82) is 5.26 Å². The van der Waals surface area contributed by atoms with Gasteiger partial charge in [-0.25, -0.2) is 4.98 Å². The molecule has 7 heteroatoms. The molecule has 1 aromatic carbocycles. The number of rotatable bonds is 7. The van der Waals surface area contributed by atoms with Crippen molar-refractivity contribution in [2.75, 3.05) is 5.32 Å². The molecule has 0 atom stereocenters. The smallest absolute Gasteiger partial charge is 0.388 e. The van der Waals surface area contributed by atoms with E-state index in [1.807, 2.05) is 24.3 Å². The van der Waals surface area contributed by atoms with Crippen LogP contribution in [0.5, 0.6) is 5.88 Å². The molecule has 1 fully saturated rings. The molecule has 0 unspecified atom stereocenters. The number of pyridine rings is 1. The fourth-order valence-corrected chi connectivity index (χ4v) is 4.21. The fourth-order valence-electron chi connectivity index (χ4n) is 4.21. The first-order valence-corrected chi connectivity index (χ1v) is 9.97. The van der Waals surface area contributed by atoms with Crippen molar-refractivity contribution in [3.63, 3.8) is 0 Å². The van der Waals surface area contributed by atoms with Crippen molar-refractivity contribution in [2.45, 2.75) is 58.0 Å². The molecule has 1 aliphatic rings. The van der Waals surface area contributed by atoms with E-state index < -0.39 is 12.0 Å². The van der Waals surface area contributed by atoms with Gasteiger partial charge in [0.2, 0.25) is 11.8 Å². The molecule has 1 N–H and O–H groups in total. The van der Waals surface area contributed by atoms with Gasteiger partial charge in [-0.1, -0.05) is 38.1 Å². The van der Waals surface area contributed by atoms with Gasteiger partial charge in [0.1, 0.15) is 5.69 Å². The highest BCUT2D eigenvalue weighted by molar-refractivity contribution is 6.01. The zero-order chi connectivity index (χ0) is 21.9. The Morgan fingerprint density at radius 3 is 2.63 bits per heavy atom. The molecule has 0 aliphatic heterocycles. The molecule has 0 saturated heterocycles. The molecule has 5 nitrogen and oxygen atoms in total. The van der Waals surface area contributed by atoms with E-state index in [0.29, 0.717) is 25.0 Å². The van der Waals surface area contributed by atoms with Crippen molar-refractivity contribution in [3.05, 3.63) is 53.2 Å². The van der Waals surface area contributed by atoms with E-state index in [2.05, 4.69) is 35.0 Å². The van der Waals surface area contributed by atoms with Crippen LogP contribution in [0.4, 0.5) is 14.5 Å². The maximum Gasteiger partial charge on any atom is 0.388 e. The topological polar surface area (TPSA) is 75.0 Å². The number of aryl methyl sites for hydroxylation is 1. The Bertz CT molecular complexity index is 963. The Morgan fingerprint density at radius 1 is 1.30 bits per heavy atom. The predicted octanol–water partition coefficient (Wildman–Crippen LogP) is 5.32. The molecule has 1 amide bonds. The number of aromatic nitrogens is 1. The van der Waals surface area contributed by atoms with Crippen LogP contribution in [0.1, 0.15) is 55.8 Å². The normalized spacial score (nSPS) is 20.5. The maximum absolute atomic E-state index is 13.5. The van der Waals surface area contributed by atoms with Crippen molar-refractivity contribution in [1.82, 2.24) is 4.98 Å². The lowest BCUT2D eigenvalue weighted by Gasteiger charge is -2.47. The molecule has 1 aliphatic carbocycles. The standard InChI is InChI=1S/C23H25F2N3O2/c1-14(2)17-6-4-5-7-18(17)23(12-16(13-23)10-11-26)21(29)28-19-9-8-15(3)27-20(19)30-22(24)25/h4-9,14,16,22H,10,12-13H2,1-3H3,(H,28,29). The monoisotopic (exact) mass is 413 g/mol. The van der Waals surface area contributed by atoms with Crippen LogP contribution in [0.15, 0.2) is 36.4 Å². The second-order valence-electron chi connectivity index (χ2n) is 8.10. The van der Waals surface area contributed by atoms with Crippen LogP contribution in [0.25, 0.3) is 0 Å². The number of nitrogens with one attached hydrogen (secondary N) is 1. The van der Waals surface area contributed by atoms with Crippen molar-refractivity contribution in [2.24, 2.45) is 5.92 Å². The van der Waals surface area contributed by atoms with E-state index in [1.54, 1.807) is 13.0 Å². The van der Waals surface area contributed by atoms with Gasteiger partial charge in [-0.05, 0) is 54.9 Å². The molecule has 0 spiro atoms. The van der Waals surface area contributed by atoms with E-state index in [-0.39, 0.29) is 29.3 Å². The molecule has 30 heavy (non-hydrogen) atoms. The molecule has 0 bridgehead atoms. The summed E-state index contributed by atoms with van der Waals surface area (Å²) in [7, 11) is 0. The van der Waals surface area contributed by atoms with Crippen LogP contribution in [-0.2, 0) is 10.2 Å². The number of ether oxygens (including phenoxy) is 1. The van der Waals surface area contributed by atoms with Gasteiger partial charge in [0.25, 0.3) is 0 Å². The highest BCUT2D eigenvalue weighted by atomic mass is 19.3. The Morgan fingerprint density at radius 2 is 2.00 bits per heavy atom. The second kappa shape index (κ2) is 8.78. The van der Waals surface area contributed by atoms with Crippen LogP contribution in [0.3, 0.4) is 0 Å². The Balaban J connectivity index is 1.97. The summed E-state index contributed by atoms with van der Waals surface area (Å²) in [5.41, 5.74) is 1.77. The first kappa shape index (κ1) is 21.7. The van der Waals surface area contributed by atoms with E-state index in [9.17, 15) is 13.6 Å². The highest BCUT2D eigenvalue weighted by Gasteiger charge is 2.52. The lowest BCUT2D eigenvalue weighted by atomic mass is 9.56. The molecule has 1 saturated carbocycles. The van der Waals surface area contributed by atoms with E-state index in [1.165, 1.54) is 6.07 Å². The van der Waals surface area contributed by atoms with Crippen LogP contribution in [0.2, 0.25) is 0 Å². The fraction of sp³-hybridized carbons (Fsp3) is 0.435. The SMILES string of the molecule is Cc1ccc(NC(=O)C2(c3ccccc3C(C)C)CC(CC#N)C2)c(OC(F)F)n1. The molecule has 3 rings (SSSR count). The second-order valence-corrected chi connectivity index (χ2v) is 8.10. The number of nitriles is 1. The summed E-state index contributed by atoms with van der Waals surface area (Å²) in [6, 6.07) is 13.1. The molecule has 0 radical (unpaired) electrons. The number of carbonyl (C=O) groups excluding carboxylic acids is 1. The average molecular weight is 413 g/mol. The van der Waals surface area contributed by atoms with Crippen LogP contribution in [-0.4, -0.2) is 17.5 Å². The molecule has 2 aromatic rings. The summed E-state index contributed by atoms with van der Waals surface area (Å²) in [6.45, 7) is 2.74. The summed E-state index contributed by atoms with van der Waals surface area (Å²) in [6.07, 6.45) is 1.44. The number of carbonyl (C=O) groups is 1. The number of hydrogen-bond donors (Lipinski definition) is 1. The van der Waals surface area contributed by atoms with Crippen LogP contribution < -0.4 is 10.1 Å². The average Bonchev–Trinajstić information content (AvgIpc) is 2.66. The summed E-state index contributed by atoms with van der Waals surface area (Å²) in [5, 5.41) is 11.8. The van der Waals surface area contributed by atoms with Crippen molar-refractivity contribution >= 4 is 11.6 Å². The molecule has 1 aromatic heterocycles. The number of benzene rings is 1. The third kappa shape index (κ3) is 4.28. The van der Waals surface area contributed by atoms with Gasteiger partial charge in [0.15, 0.2) is 0 Å². The first-order valence-electron chi connectivity index (χ1n) is 9.97. The number of hydrogen-bond acceptors (Lipinski definition) is 4. The van der Waals surface area contributed by atoms with Crippen LogP contribution >= 0.6 is 0 Å². The minimum absolute atomic E-state index is 0.107. The third-order valence-corrected chi connectivity index (χ3v) is 5.64. The van der Waals surface area contributed by atoms with Gasteiger partial charge in [-0.3, -0.25) is 4.79 Å². The number of halogens is 2. The number of amides is 1. The molecule has 1 heterocycles. The minimum atomic E-state index is -3.05. The van der Waals surface area contributed by atoms with Crippen LogP contribution in [0, 0.1) is 24.2 Å². The van der Waals surface area contributed by atoms with E-state index >= 15 is 0 Å². The summed E-state index contributed by atoms with van der Waals surface area (Å²) < 4.78 is 30.2. The van der Waals surface area contributed by atoms with E-state index in [4.69, 9.17) is 5.26 Å². The Labute approximate surface area is 175 Å². The molecule has 158 valence electrons. The Kier molecular flexibility index (Phi) is 6.35. The summed E-state index contributed by atoms with van der Waals surface area (Å²) in [5.74, 6) is -0.276. The van der Waals surface area contributed by atoms with Gasteiger partial charge in [0.05, 0.1) is 11.5 Å². The van der Waals surface area contributed by atoms with Gasteiger partial charge in [-0.2, -0.15) is 14.0 Å². The quantitative estimate of drug-likeness (QED) is 0.667. The summed E-state index contributed by atoms with van der Waals surface area (Å²) >= 11 is 0. The number of nitrogens with zero attached hydrogens (tertiary/aromatic N) is 2. The van der Waals surface area contributed by atoms with Gasteiger partial charge < -0.3 is 10.1 Å². The van der Waals surface area contributed by atoms with Crippen molar-refractivity contribution in [3.8, 4) is 11.9 Å². The lowest BCUT2D eigenvalue weighted by Crippen LogP contribution is -2.51. The molecular formula is C23H25F2N3O2. The van der Waals surface area contributed by atoms with Gasteiger partial charge in [-0.15, -0.1) is 0 Å². The van der Waals surface area contributed by atoms with Gasteiger partial charge in [0, 0.05) is 12.1 Å². The third-order valence-electron chi connectivity index (χ3n) is 5.64. The lowest BCUT2D eigenvalue weighted by molar-refractivity contribution is -0.126. The minimum Gasteiger partial charge on any atom is -0.415 e. The zero-order valence-electron chi connectivity index (χ0n) is 17.3. The largest absolute Gasteiger partial charge is 0.415 e. The van der Waals surface area contributed by atoms with E-state index in [0.717, 1.165) is 11.1 Å². The zero-order valence-corrected chi connectivity index (χ0v) is 17.3. The maximum atomic E-state index is 13.5. The summed E-state index contributed by atoms with van der Waals surface area (Å²) in [4.78, 5) is 17.5. The van der Waals surface area contributed by atoms with Gasteiger partial charge >= 0.3 is 6.61 Å². The number of alkyl halides is 2. The number of anilines is 1. The Hall–Kier alpha value is -3.01. The first-order chi connectivity index (χ1) is 14.3. The predicted molar refractivity (Wildman–Crippen MR) is 109 cm³/mol. The van der Waals surface area contributed by atoms with Crippen molar-refractivity contribution < 1.29 is 18.3 Å². The molecular weight excluding hydrogens is 388 g/mol. The highest BCUT2D eigenvalue weighted by Crippen LogP contribution is 2.51.